The Morgan fingerprint density at radius 1 is 0.658 bits per heavy atom. The van der Waals surface area contributed by atoms with Crippen LogP contribution in [-0.2, 0) is 19.3 Å². The summed E-state index contributed by atoms with van der Waals surface area (Å²) in [6.07, 6.45) is 21.9. The van der Waals surface area contributed by atoms with E-state index in [2.05, 4.69) is 103 Å². The third kappa shape index (κ3) is 4.16. The third-order valence-electron chi connectivity index (χ3n) is 8.91. The number of nitrogens with two attached hydrogens (primary N) is 1. The predicted molar refractivity (Wildman–Crippen MR) is 162 cm³/mol. The molecule has 2 unspecified atom stereocenters. The summed E-state index contributed by atoms with van der Waals surface area (Å²) in [5.74, 6) is 0.353. The van der Waals surface area contributed by atoms with Crippen LogP contribution in [0.25, 0.3) is 39.1 Å². The van der Waals surface area contributed by atoms with E-state index in [-0.39, 0.29) is 6.04 Å². The molecule has 0 saturated heterocycles. The predicted octanol–water partition coefficient (Wildman–Crippen LogP) is 9.14. The molecule has 0 bridgehead atoms. The van der Waals surface area contributed by atoms with E-state index in [4.69, 9.17) is 5.73 Å². The van der Waals surface area contributed by atoms with E-state index in [9.17, 15) is 0 Å². The monoisotopic (exact) mass is 493 g/mol. The molecule has 188 valence electrons. The van der Waals surface area contributed by atoms with Crippen molar-refractivity contribution in [3.8, 4) is 22.3 Å². The minimum absolute atomic E-state index is 0.00553. The molecule has 4 aromatic rings. The zero-order valence-electron chi connectivity index (χ0n) is 22.0. The van der Waals surface area contributed by atoms with Crippen molar-refractivity contribution in [3.63, 3.8) is 0 Å². The molecule has 0 amide bonds. The summed E-state index contributed by atoms with van der Waals surface area (Å²) in [6.45, 7) is 0. The van der Waals surface area contributed by atoms with Gasteiger partial charge in [0, 0.05) is 6.04 Å². The molecule has 2 N–H and O–H groups in total. The zero-order chi connectivity index (χ0) is 25.5. The van der Waals surface area contributed by atoms with Crippen molar-refractivity contribution in [2.24, 2.45) is 11.7 Å². The molecule has 7 rings (SSSR count). The molecule has 0 heterocycles. The maximum absolute atomic E-state index is 6.70. The number of hydrogen-bond acceptors (Lipinski definition) is 1. The number of benzene rings is 4. The highest BCUT2D eigenvalue weighted by atomic mass is 14.6. The van der Waals surface area contributed by atoms with Crippen molar-refractivity contribution >= 4 is 16.8 Å². The molecule has 0 aliphatic heterocycles. The fourth-order valence-corrected chi connectivity index (χ4v) is 6.89. The number of aryl methyl sites for hydroxylation is 1. The Morgan fingerprint density at radius 3 is 2.24 bits per heavy atom. The van der Waals surface area contributed by atoms with Gasteiger partial charge in [0.1, 0.15) is 0 Å². The first-order valence-corrected chi connectivity index (χ1v) is 14.3. The fraction of sp³-hybridized carbons (Fsp3) is 0.243. The highest BCUT2D eigenvalue weighted by Gasteiger charge is 2.22. The van der Waals surface area contributed by atoms with Gasteiger partial charge in [-0.3, -0.25) is 0 Å². The quantitative estimate of drug-likeness (QED) is 0.301. The van der Waals surface area contributed by atoms with Crippen LogP contribution < -0.4 is 5.73 Å². The van der Waals surface area contributed by atoms with Crippen LogP contribution in [-0.4, -0.2) is 0 Å². The Morgan fingerprint density at radius 2 is 1.42 bits per heavy atom. The van der Waals surface area contributed by atoms with Crippen molar-refractivity contribution < 1.29 is 0 Å². The SMILES string of the molecule is NC(c1cccc(-c2cccc(-c3ccc4c5c(c6c(c4c3)CCCC6)CCC=C5)c2)c1)C1C=CC=CC1. The van der Waals surface area contributed by atoms with Crippen LogP contribution in [0.5, 0.6) is 0 Å². The molecule has 1 heteroatoms. The lowest BCUT2D eigenvalue weighted by Crippen LogP contribution is -2.20. The van der Waals surface area contributed by atoms with Gasteiger partial charge in [-0.1, -0.05) is 85.0 Å². The van der Waals surface area contributed by atoms with Gasteiger partial charge in [-0.05, 0) is 130 Å². The van der Waals surface area contributed by atoms with Crippen molar-refractivity contribution in [1.82, 2.24) is 0 Å². The molecule has 0 radical (unpaired) electrons. The van der Waals surface area contributed by atoms with Crippen LogP contribution in [0, 0.1) is 5.92 Å². The Balaban J connectivity index is 1.27. The molecule has 4 aromatic carbocycles. The number of rotatable bonds is 4. The van der Waals surface area contributed by atoms with E-state index in [0.717, 1.165) is 6.42 Å². The molecule has 2 atom stereocenters. The van der Waals surface area contributed by atoms with Gasteiger partial charge in [-0.15, -0.1) is 0 Å². The average molecular weight is 494 g/mol. The second-order valence-corrected chi connectivity index (χ2v) is 11.2. The largest absolute Gasteiger partial charge is 0.323 e. The summed E-state index contributed by atoms with van der Waals surface area (Å²) in [5.41, 5.74) is 19.3. The van der Waals surface area contributed by atoms with Gasteiger partial charge in [0.15, 0.2) is 0 Å². The van der Waals surface area contributed by atoms with E-state index in [1.54, 1.807) is 16.7 Å². The first-order chi connectivity index (χ1) is 18.8. The zero-order valence-corrected chi connectivity index (χ0v) is 22.0. The smallest absolute Gasteiger partial charge is 0.0361 e. The molecular formula is C37H35N. The van der Waals surface area contributed by atoms with Crippen LogP contribution in [0.3, 0.4) is 0 Å². The van der Waals surface area contributed by atoms with E-state index in [1.807, 2.05) is 0 Å². The van der Waals surface area contributed by atoms with E-state index < -0.39 is 0 Å². The maximum Gasteiger partial charge on any atom is 0.0361 e. The average Bonchev–Trinajstić information content (AvgIpc) is 3.01. The van der Waals surface area contributed by atoms with Gasteiger partial charge < -0.3 is 5.73 Å². The van der Waals surface area contributed by atoms with Gasteiger partial charge >= 0.3 is 0 Å². The van der Waals surface area contributed by atoms with Gasteiger partial charge in [0.2, 0.25) is 0 Å². The van der Waals surface area contributed by atoms with Crippen molar-refractivity contribution in [1.29, 1.82) is 0 Å². The molecule has 3 aliphatic rings. The van der Waals surface area contributed by atoms with Crippen LogP contribution in [0.2, 0.25) is 0 Å². The Labute approximate surface area is 226 Å². The summed E-state index contributed by atoms with van der Waals surface area (Å²) < 4.78 is 0. The number of fused-ring (bicyclic) bond motifs is 6. The lowest BCUT2D eigenvalue weighted by atomic mass is 9.78. The molecular weight excluding hydrogens is 458 g/mol. The number of hydrogen-bond donors (Lipinski definition) is 1. The molecule has 0 spiro atoms. The molecule has 0 saturated carbocycles. The molecule has 0 fully saturated rings. The van der Waals surface area contributed by atoms with Crippen LogP contribution in [0.4, 0.5) is 0 Å². The Bertz CT molecular complexity index is 1620. The van der Waals surface area contributed by atoms with Gasteiger partial charge in [-0.2, -0.15) is 0 Å². The van der Waals surface area contributed by atoms with Gasteiger partial charge in [0.05, 0.1) is 0 Å². The highest BCUT2D eigenvalue weighted by molar-refractivity contribution is 5.98. The van der Waals surface area contributed by atoms with E-state index >= 15 is 0 Å². The van der Waals surface area contributed by atoms with Gasteiger partial charge in [0.25, 0.3) is 0 Å². The van der Waals surface area contributed by atoms with E-state index in [0.29, 0.717) is 5.92 Å². The van der Waals surface area contributed by atoms with E-state index in [1.165, 1.54) is 82.7 Å². The molecule has 1 nitrogen and oxygen atoms in total. The first-order valence-electron chi connectivity index (χ1n) is 14.3. The highest BCUT2D eigenvalue weighted by Crippen LogP contribution is 2.40. The van der Waals surface area contributed by atoms with Gasteiger partial charge in [-0.25, -0.2) is 0 Å². The van der Waals surface area contributed by atoms with Crippen LogP contribution >= 0.6 is 0 Å². The lowest BCUT2D eigenvalue weighted by molar-refractivity contribution is 0.524. The Hall–Kier alpha value is -3.68. The summed E-state index contributed by atoms with van der Waals surface area (Å²) in [7, 11) is 0. The third-order valence-corrected chi connectivity index (χ3v) is 8.91. The van der Waals surface area contributed by atoms with Crippen molar-refractivity contribution in [2.45, 2.75) is 51.0 Å². The summed E-state index contributed by atoms with van der Waals surface area (Å²) in [6, 6.07) is 25.0. The Kier molecular flexibility index (Phi) is 6.10. The maximum atomic E-state index is 6.70. The van der Waals surface area contributed by atoms with Crippen molar-refractivity contribution in [3.05, 3.63) is 125 Å². The molecule has 38 heavy (non-hydrogen) atoms. The van der Waals surface area contributed by atoms with Crippen LogP contribution in [0.1, 0.15) is 59.5 Å². The van der Waals surface area contributed by atoms with Crippen LogP contribution in [0.15, 0.2) is 97.1 Å². The summed E-state index contributed by atoms with van der Waals surface area (Å²) in [5, 5.41) is 2.90. The first kappa shape index (κ1) is 23.4. The molecule has 0 aromatic heterocycles. The minimum atomic E-state index is 0.00553. The second-order valence-electron chi connectivity index (χ2n) is 11.2. The fourth-order valence-electron chi connectivity index (χ4n) is 6.89. The number of allylic oxidation sites excluding steroid dienone is 4. The summed E-state index contributed by atoms with van der Waals surface area (Å²) >= 11 is 0. The molecule has 3 aliphatic carbocycles. The minimum Gasteiger partial charge on any atom is -0.323 e. The second kappa shape index (κ2) is 9.89. The normalized spacial score (nSPS) is 18.8. The summed E-state index contributed by atoms with van der Waals surface area (Å²) in [4.78, 5) is 0. The van der Waals surface area contributed by atoms with Crippen molar-refractivity contribution in [2.75, 3.05) is 0 Å². The topological polar surface area (TPSA) is 26.0 Å². The standard InChI is InChI=1S/C37H35N/c38-37(25-10-2-1-3-11-25)30-15-9-14-28(23-30)26-12-8-13-27(22-26)29-20-21-35-33-18-5-4-16-31(33)32-17-6-7-19-34(32)36(35)24-29/h1-3,5,8-10,12-15,18,20-25,37H,4,6-7,11,16-17,19,38H2. The lowest BCUT2D eigenvalue weighted by Gasteiger charge is -2.26.